The third kappa shape index (κ3) is 5.73. The van der Waals surface area contributed by atoms with E-state index in [1.807, 2.05) is 6.92 Å². The van der Waals surface area contributed by atoms with Crippen molar-refractivity contribution >= 4 is 23.2 Å². The maximum absolute atomic E-state index is 13.2. The summed E-state index contributed by atoms with van der Waals surface area (Å²) in [6.07, 6.45) is -4.76. The molecule has 0 aliphatic rings. The number of nitrogens with one attached hydrogen (secondary N) is 1. The first-order chi connectivity index (χ1) is 13.2. The Labute approximate surface area is 161 Å². The van der Waals surface area contributed by atoms with Crippen molar-refractivity contribution in [3.63, 3.8) is 0 Å². The molecule has 2 aromatic rings. The largest absolute Gasteiger partial charge is 0.494 e. The highest BCUT2D eigenvalue weighted by atomic mass is 19.4. The number of amides is 2. The fourth-order valence-corrected chi connectivity index (χ4v) is 2.63. The van der Waals surface area contributed by atoms with Crippen LogP contribution in [-0.2, 0) is 15.8 Å². The summed E-state index contributed by atoms with van der Waals surface area (Å²) in [6, 6.07) is 11.5. The van der Waals surface area contributed by atoms with Gasteiger partial charge < -0.3 is 15.0 Å². The zero-order chi connectivity index (χ0) is 20.7. The van der Waals surface area contributed by atoms with Gasteiger partial charge in [0.15, 0.2) is 0 Å². The smallest absolute Gasteiger partial charge is 0.418 e. The van der Waals surface area contributed by atoms with E-state index in [2.05, 4.69) is 5.32 Å². The molecule has 2 rings (SSSR count). The Kier molecular flexibility index (Phi) is 7.03. The molecular formula is C20H21F3N2O3. The number of carbonyl (C=O) groups is 2. The van der Waals surface area contributed by atoms with E-state index >= 15 is 0 Å². The minimum Gasteiger partial charge on any atom is -0.494 e. The standard InChI is InChI=1S/C20H21F3N2O3/c1-3-28-16-10-8-15(9-11-16)24-19(27)12-13-25(14(2)26)18-7-5-4-6-17(18)20(21,22)23/h4-11H,3,12-13H2,1-2H3,(H,24,27). The number of hydrogen-bond acceptors (Lipinski definition) is 3. The molecule has 0 fully saturated rings. The zero-order valence-corrected chi connectivity index (χ0v) is 15.5. The van der Waals surface area contributed by atoms with Crippen LogP contribution in [-0.4, -0.2) is 25.0 Å². The van der Waals surface area contributed by atoms with E-state index in [-0.39, 0.29) is 18.7 Å². The Bertz CT molecular complexity index is 820. The van der Waals surface area contributed by atoms with Crippen LogP contribution in [0.5, 0.6) is 5.75 Å². The second-order valence-corrected chi connectivity index (χ2v) is 5.94. The lowest BCUT2D eigenvalue weighted by Gasteiger charge is -2.24. The summed E-state index contributed by atoms with van der Waals surface area (Å²) >= 11 is 0. The molecule has 1 N–H and O–H groups in total. The number of carbonyl (C=O) groups excluding carboxylic acids is 2. The molecule has 2 amide bonds. The quantitative estimate of drug-likeness (QED) is 0.753. The average Bonchev–Trinajstić information content (AvgIpc) is 2.63. The maximum Gasteiger partial charge on any atom is 0.418 e. The molecule has 0 heterocycles. The number of halogens is 3. The fourth-order valence-electron chi connectivity index (χ4n) is 2.63. The molecule has 8 heteroatoms. The molecule has 0 aromatic heterocycles. The highest BCUT2D eigenvalue weighted by Crippen LogP contribution is 2.36. The van der Waals surface area contributed by atoms with E-state index in [1.165, 1.54) is 18.2 Å². The molecule has 0 radical (unpaired) electrons. The van der Waals surface area contributed by atoms with Crippen LogP contribution in [0.1, 0.15) is 25.8 Å². The highest BCUT2D eigenvalue weighted by Gasteiger charge is 2.35. The van der Waals surface area contributed by atoms with Crippen molar-refractivity contribution < 1.29 is 27.5 Å². The highest BCUT2D eigenvalue weighted by molar-refractivity contribution is 5.95. The monoisotopic (exact) mass is 394 g/mol. The molecule has 0 spiro atoms. The molecule has 2 aromatic carbocycles. The predicted molar refractivity (Wildman–Crippen MR) is 100 cm³/mol. The number of alkyl halides is 3. The summed E-state index contributed by atoms with van der Waals surface area (Å²) in [5, 5.41) is 2.65. The average molecular weight is 394 g/mol. The first kappa shape index (κ1) is 21.3. The molecule has 5 nitrogen and oxygen atoms in total. The van der Waals surface area contributed by atoms with Crippen molar-refractivity contribution in [1.29, 1.82) is 0 Å². The number of para-hydroxylation sites is 1. The van der Waals surface area contributed by atoms with E-state index < -0.39 is 23.6 Å². The fraction of sp³-hybridized carbons (Fsp3) is 0.300. The lowest BCUT2D eigenvalue weighted by atomic mass is 10.1. The van der Waals surface area contributed by atoms with Crippen molar-refractivity contribution in [1.82, 2.24) is 0 Å². The van der Waals surface area contributed by atoms with Crippen molar-refractivity contribution in [2.75, 3.05) is 23.4 Å². The molecular weight excluding hydrogens is 373 g/mol. The van der Waals surface area contributed by atoms with Gasteiger partial charge in [-0.1, -0.05) is 12.1 Å². The molecule has 150 valence electrons. The van der Waals surface area contributed by atoms with Gasteiger partial charge in [-0.3, -0.25) is 9.59 Å². The molecule has 0 saturated carbocycles. The summed E-state index contributed by atoms with van der Waals surface area (Å²) < 4.78 is 45.0. The Morgan fingerprint density at radius 1 is 1.07 bits per heavy atom. The van der Waals surface area contributed by atoms with Crippen LogP contribution in [0.4, 0.5) is 24.5 Å². The Balaban J connectivity index is 2.06. The molecule has 0 unspecified atom stereocenters. The number of anilines is 2. The van der Waals surface area contributed by atoms with Crippen molar-refractivity contribution in [2.45, 2.75) is 26.4 Å². The summed E-state index contributed by atoms with van der Waals surface area (Å²) in [5.41, 5.74) is -0.660. The van der Waals surface area contributed by atoms with E-state index in [9.17, 15) is 22.8 Å². The van der Waals surface area contributed by atoms with Gasteiger partial charge in [0.1, 0.15) is 5.75 Å². The van der Waals surface area contributed by atoms with Gasteiger partial charge in [-0.15, -0.1) is 0 Å². The molecule has 28 heavy (non-hydrogen) atoms. The normalized spacial score (nSPS) is 11.0. The summed E-state index contributed by atoms with van der Waals surface area (Å²) in [4.78, 5) is 25.0. The molecule has 0 atom stereocenters. The Hall–Kier alpha value is -3.03. The van der Waals surface area contributed by atoms with Crippen LogP contribution in [0.2, 0.25) is 0 Å². The topological polar surface area (TPSA) is 58.6 Å². The SMILES string of the molecule is CCOc1ccc(NC(=O)CCN(C(C)=O)c2ccccc2C(F)(F)F)cc1. The van der Waals surface area contributed by atoms with Gasteiger partial charge in [0.05, 0.1) is 17.9 Å². The zero-order valence-electron chi connectivity index (χ0n) is 15.5. The van der Waals surface area contributed by atoms with E-state index in [1.54, 1.807) is 24.3 Å². The van der Waals surface area contributed by atoms with E-state index in [0.717, 1.165) is 17.9 Å². The first-order valence-electron chi connectivity index (χ1n) is 8.69. The van der Waals surface area contributed by atoms with Gasteiger partial charge >= 0.3 is 6.18 Å². The lowest BCUT2D eigenvalue weighted by molar-refractivity contribution is -0.137. The van der Waals surface area contributed by atoms with Gasteiger partial charge in [-0.25, -0.2) is 0 Å². The minimum atomic E-state index is -4.60. The molecule has 0 aliphatic heterocycles. The van der Waals surface area contributed by atoms with Crippen molar-refractivity contribution in [3.8, 4) is 5.75 Å². The van der Waals surface area contributed by atoms with Gasteiger partial charge in [-0.05, 0) is 43.3 Å². The molecule has 0 saturated heterocycles. The number of ether oxygens (including phenoxy) is 1. The maximum atomic E-state index is 13.2. The summed E-state index contributed by atoms with van der Waals surface area (Å²) in [5.74, 6) is -0.336. The van der Waals surface area contributed by atoms with Crippen molar-refractivity contribution in [3.05, 3.63) is 54.1 Å². The van der Waals surface area contributed by atoms with Crippen LogP contribution in [0, 0.1) is 0 Å². The molecule has 0 aliphatic carbocycles. The van der Waals surface area contributed by atoms with E-state index in [4.69, 9.17) is 4.74 Å². The predicted octanol–water partition coefficient (Wildman–Crippen LogP) is 4.49. The lowest BCUT2D eigenvalue weighted by Crippen LogP contribution is -2.33. The van der Waals surface area contributed by atoms with Gasteiger partial charge in [0, 0.05) is 25.6 Å². The van der Waals surface area contributed by atoms with Crippen LogP contribution >= 0.6 is 0 Å². The Morgan fingerprint density at radius 2 is 1.71 bits per heavy atom. The number of nitrogens with zero attached hydrogens (tertiary/aromatic N) is 1. The number of hydrogen-bond donors (Lipinski definition) is 1. The Morgan fingerprint density at radius 3 is 2.29 bits per heavy atom. The summed E-state index contributed by atoms with van der Waals surface area (Å²) in [7, 11) is 0. The van der Waals surface area contributed by atoms with Crippen LogP contribution in [0.3, 0.4) is 0 Å². The number of benzene rings is 2. The number of rotatable bonds is 7. The van der Waals surface area contributed by atoms with Gasteiger partial charge in [-0.2, -0.15) is 13.2 Å². The third-order valence-electron chi connectivity index (χ3n) is 3.89. The van der Waals surface area contributed by atoms with Gasteiger partial charge in [0.2, 0.25) is 11.8 Å². The van der Waals surface area contributed by atoms with Crippen LogP contribution < -0.4 is 15.0 Å². The second kappa shape index (κ2) is 9.25. The van der Waals surface area contributed by atoms with Crippen molar-refractivity contribution in [2.24, 2.45) is 0 Å². The first-order valence-corrected chi connectivity index (χ1v) is 8.69. The van der Waals surface area contributed by atoms with Crippen LogP contribution in [0.15, 0.2) is 48.5 Å². The summed E-state index contributed by atoms with van der Waals surface area (Å²) in [6.45, 7) is 3.36. The second-order valence-electron chi connectivity index (χ2n) is 5.94. The van der Waals surface area contributed by atoms with Crippen LogP contribution in [0.25, 0.3) is 0 Å². The third-order valence-corrected chi connectivity index (χ3v) is 3.89. The molecule has 0 bridgehead atoms. The minimum absolute atomic E-state index is 0.154. The van der Waals surface area contributed by atoms with E-state index in [0.29, 0.717) is 18.0 Å². The van der Waals surface area contributed by atoms with Gasteiger partial charge in [0.25, 0.3) is 0 Å².